The van der Waals surface area contributed by atoms with Crippen molar-refractivity contribution in [1.82, 2.24) is 9.80 Å². The summed E-state index contributed by atoms with van der Waals surface area (Å²) in [6.07, 6.45) is 5.33. The molecule has 1 aromatic rings. The van der Waals surface area contributed by atoms with Crippen molar-refractivity contribution in [3.63, 3.8) is 0 Å². The van der Waals surface area contributed by atoms with Gasteiger partial charge >= 0.3 is 0 Å². The summed E-state index contributed by atoms with van der Waals surface area (Å²) < 4.78 is 19.2. The number of benzene rings is 1. The Morgan fingerprint density at radius 1 is 1.04 bits per heavy atom. The van der Waals surface area contributed by atoms with Crippen LogP contribution in [-0.2, 0) is 11.3 Å². The van der Waals surface area contributed by atoms with Crippen molar-refractivity contribution in [3.8, 4) is 0 Å². The summed E-state index contributed by atoms with van der Waals surface area (Å²) in [4.78, 5) is 5.06. The second-order valence-corrected chi connectivity index (χ2v) is 8.15. The van der Waals surface area contributed by atoms with Crippen LogP contribution in [0.25, 0.3) is 0 Å². The van der Waals surface area contributed by atoms with Crippen molar-refractivity contribution in [2.24, 2.45) is 17.8 Å². The molecule has 2 aliphatic heterocycles. The zero-order valence-corrected chi connectivity index (χ0v) is 15.2. The third-order valence-corrected chi connectivity index (χ3v) is 6.26. The van der Waals surface area contributed by atoms with Gasteiger partial charge in [-0.1, -0.05) is 18.6 Å². The van der Waals surface area contributed by atoms with Crippen LogP contribution in [0, 0.1) is 23.6 Å². The second kappa shape index (κ2) is 8.15. The van der Waals surface area contributed by atoms with Crippen LogP contribution >= 0.6 is 0 Å². The molecule has 1 saturated carbocycles. The van der Waals surface area contributed by atoms with Gasteiger partial charge in [0.05, 0.1) is 6.61 Å². The monoisotopic (exact) mass is 346 g/mol. The van der Waals surface area contributed by atoms with E-state index in [-0.39, 0.29) is 5.82 Å². The van der Waals surface area contributed by atoms with Crippen molar-refractivity contribution < 1.29 is 9.13 Å². The van der Waals surface area contributed by atoms with E-state index in [9.17, 15) is 4.39 Å². The van der Waals surface area contributed by atoms with E-state index in [0.717, 1.165) is 56.2 Å². The average molecular weight is 346 g/mol. The third-order valence-electron chi connectivity index (χ3n) is 6.26. The normalized spacial score (nSPS) is 29.7. The van der Waals surface area contributed by atoms with Gasteiger partial charge in [-0.3, -0.25) is 4.90 Å². The fraction of sp³-hybridized carbons (Fsp3) is 0.714. The Kier molecular flexibility index (Phi) is 5.69. The van der Waals surface area contributed by atoms with Crippen molar-refractivity contribution in [1.29, 1.82) is 0 Å². The molecule has 25 heavy (non-hydrogen) atoms. The zero-order chi connectivity index (χ0) is 17.1. The summed E-state index contributed by atoms with van der Waals surface area (Å²) in [5, 5.41) is 0. The van der Waals surface area contributed by atoms with E-state index in [1.54, 1.807) is 6.07 Å². The Hall–Kier alpha value is -0.970. The minimum atomic E-state index is -0.127. The summed E-state index contributed by atoms with van der Waals surface area (Å²) >= 11 is 0. The van der Waals surface area contributed by atoms with Gasteiger partial charge < -0.3 is 9.64 Å². The van der Waals surface area contributed by atoms with Crippen LogP contribution in [0.1, 0.15) is 31.2 Å². The number of likely N-dealkylation sites (tertiary alicyclic amines) is 2. The van der Waals surface area contributed by atoms with Crippen LogP contribution in [0.4, 0.5) is 4.39 Å². The molecule has 1 aromatic carbocycles. The number of halogens is 1. The third kappa shape index (κ3) is 4.60. The molecule has 4 rings (SSSR count). The number of rotatable bonds is 8. The first kappa shape index (κ1) is 17.4. The molecule has 2 saturated heterocycles. The Balaban J connectivity index is 1.08. The quantitative estimate of drug-likeness (QED) is 0.671. The fourth-order valence-corrected chi connectivity index (χ4v) is 4.80. The highest BCUT2D eigenvalue weighted by molar-refractivity contribution is 5.17. The Morgan fingerprint density at radius 2 is 1.84 bits per heavy atom. The Bertz CT molecular complexity index is 549. The highest BCUT2D eigenvalue weighted by Crippen LogP contribution is 2.51. The summed E-state index contributed by atoms with van der Waals surface area (Å²) in [5.74, 6) is 2.28. The predicted octanol–water partition coefficient (Wildman–Crippen LogP) is 3.40. The topological polar surface area (TPSA) is 15.7 Å². The molecule has 3 atom stereocenters. The lowest BCUT2D eigenvalue weighted by Gasteiger charge is -2.26. The SMILES string of the molecule is Fc1cccc(CN2C[C@@H]3[C@@H](COCCCN4CCCCC4)[C@@H]3C2)c1. The molecule has 3 nitrogen and oxygen atoms in total. The van der Waals surface area contributed by atoms with Crippen molar-refractivity contribution in [2.45, 2.75) is 32.2 Å². The molecule has 1 aliphatic carbocycles. The molecule has 4 heteroatoms. The standard InChI is InChI=1S/C21H31FN2O/c22-18-7-4-6-17(12-18)13-24-14-19-20(15-24)21(19)16-25-11-5-10-23-8-2-1-3-9-23/h4,6-7,12,19-21H,1-3,5,8-11,13-16H2/t19-,20+,21+. The first-order chi connectivity index (χ1) is 12.3. The minimum absolute atomic E-state index is 0.127. The van der Waals surface area contributed by atoms with Gasteiger partial charge in [0.25, 0.3) is 0 Å². The number of nitrogens with zero attached hydrogens (tertiary/aromatic N) is 2. The largest absolute Gasteiger partial charge is 0.381 e. The molecule has 0 unspecified atom stereocenters. The van der Waals surface area contributed by atoms with Gasteiger partial charge in [0.2, 0.25) is 0 Å². The highest BCUT2D eigenvalue weighted by atomic mass is 19.1. The molecule has 3 fully saturated rings. The number of hydrogen-bond acceptors (Lipinski definition) is 3. The van der Waals surface area contributed by atoms with E-state index >= 15 is 0 Å². The van der Waals surface area contributed by atoms with E-state index in [1.165, 1.54) is 51.4 Å². The summed E-state index contributed by atoms with van der Waals surface area (Å²) in [5.41, 5.74) is 1.09. The maximum Gasteiger partial charge on any atom is 0.123 e. The van der Waals surface area contributed by atoms with Crippen molar-refractivity contribution in [3.05, 3.63) is 35.6 Å². The molecule has 138 valence electrons. The summed E-state index contributed by atoms with van der Waals surface area (Å²) in [7, 11) is 0. The first-order valence-electron chi connectivity index (χ1n) is 10.1. The number of ether oxygens (including phenoxy) is 1. The van der Waals surface area contributed by atoms with Crippen LogP contribution in [0.15, 0.2) is 24.3 Å². The minimum Gasteiger partial charge on any atom is -0.381 e. The maximum atomic E-state index is 13.3. The van der Waals surface area contributed by atoms with Crippen LogP contribution in [-0.4, -0.2) is 55.7 Å². The molecule has 0 radical (unpaired) electrons. The molecule has 0 bridgehead atoms. The summed E-state index contributed by atoms with van der Waals surface area (Å²) in [6.45, 7) is 8.84. The van der Waals surface area contributed by atoms with Gasteiger partial charge in [0.1, 0.15) is 5.82 Å². The van der Waals surface area contributed by atoms with Gasteiger partial charge in [-0.2, -0.15) is 0 Å². The number of hydrogen-bond donors (Lipinski definition) is 0. The molecule has 0 amide bonds. The van der Waals surface area contributed by atoms with E-state index in [0.29, 0.717) is 0 Å². The molecule has 2 heterocycles. The predicted molar refractivity (Wildman–Crippen MR) is 97.9 cm³/mol. The van der Waals surface area contributed by atoms with Gasteiger partial charge in [0.15, 0.2) is 0 Å². The molecule has 0 N–H and O–H groups in total. The lowest BCUT2D eigenvalue weighted by molar-refractivity contribution is 0.0967. The first-order valence-corrected chi connectivity index (χ1v) is 10.1. The molecule has 0 aromatic heterocycles. The maximum absolute atomic E-state index is 13.3. The summed E-state index contributed by atoms with van der Waals surface area (Å²) in [6, 6.07) is 7.01. The molecular formula is C21H31FN2O. The van der Waals surface area contributed by atoms with Gasteiger partial charge in [-0.25, -0.2) is 4.39 Å². The van der Waals surface area contributed by atoms with Crippen molar-refractivity contribution in [2.75, 3.05) is 45.9 Å². The van der Waals surface area contributed by atoms with Crippen molar-refractivity contribution >= 4 is 0 Å². The zero-order valence-electron chi connectivity index (χ0n) is 15.2. The van der Waals surface area contributed by atoms with Crippen LogP contribution in [0.3, 0.4) is 0 Å². The van der Waals surface area contributed by atoms with Gasteiger partial charge in [-0.15, -0.1) is 0 Å². The van der Waals surface area contributed by atoms with E-state index in [2.05, 4.69) is 9.80 Å². The van der Waals surface area contributed by atoms with Gasteiger partial charge in [0, 0.05) is 32.8 Å². The average Bonchev–Trinajstić information content (AvgIpc) is 3.07. The van der Waals surface area contributed by atoms with E-state index < -0.39 is 0 Å². The molecular weight excluding hydrogens is 315 g/mol. The van der Waals surface area contributed by atoms with Gasteiger partial charge in [-0.05, 0) is 67.8 Å². The lowest BCUT2D eigenvalue weighted by Crippen LogP contribution is -2.31. The fourth-order valence-electron chi connectivity index (χ4n) is 4.80. The van der Waals surface area contributed by atoms with E-state index in [4.69, 9.17) is 4.74 Å². The highest BCUT2D eigenvalue weighted by Gasteiger charge is 2.55. The number of piperidine rings is 2. The van der Waals surface area contributed by atoms with Crippen LogP contribution in [0.5, 0.6) is 0 Å². The second-order valence-electron chi connectivity index (χ2n) is 8.15. The van der Waals surface area contributed by atoms with E-state index in [1.807, 2.05) is 12.1 Å². The van der Waals surface area contributed by atoms with Crippen LogP contribution < -0.4 is 0 Å². The smallest absolute Gasteiger partial charge is 0.123 e. The Morgan fingerprint density at radius 3 is 2.60 bits per heavy atom. The van der Waals surface area contributed by atoms with Crippen LogP contribution in [0.2, 0.25) is 0 Å². The lowest BCUT2D eigenvalue weighted by atomic mass is 10.1. The Labute approximate surface area is 151 Å². The molecule has 0 spiro atoms. The number of fused-ring (bicyclic) bond motifs is 1. The molecule has 3 aliphatic rings.